The van der Waals surface area contributed by atoms with Crippen molar-refractivity contribution in [3.63, 3.8) is 0 Å². The Morgan fingerprint density at radius 2 is 2.22 bits per heavy atom. The van der Waals surface area contributed by atoms with Gasteiger partial charge in [0, 0.05) is 31.1 Å². The molecular formula is C21H26N4O2. The van der Waals surface area contributed by atoms with Crippen LogP contribution in [0.4, 0.5) is 0 Å². The molecule has 142 valence electrons. The van der Waals surface area contributed by atoms with E-state index in [1.807, 2.05) is 32.2 Å². The number of dihydropyridines is 1. The maximum atomic E-state index is 5.96. The SMILES string of the molecule is CC(C)Oc1ccc2[nH]nc(C3=CC=NC(N4CCOC5(CC5)C4)C3)c2c1. The van der Waals surface area contributed by atoms with E-state index in [-0.39, 0.29) is 17.9 Å². The number of aromatic nitrogens is 2. The van der Waals surface area contributed by atoms with Crippen LogP contribution < -0.4 is 4.74 Å². The fourth-order valence-electron chi connectivity index (χ4n) is 4.10. The summed E-state index contributed by atoms with van der Waals surface area (Å²) >= 11 is 0. The van der Waals surface area contributed by atoms with Gasteiger partial charge in [-0.05, 0) is 56.5 Å². The van der Waals surface area contributed by atoms with Gasteiger partial charge in [-0.1, -0.05) is 0 Å². The normalized spacial score (nSPS) is 24.6. The largest absolute Gasteiger partial charge is 0.491 e. The monoisotopic (exact) mass is 366 g/mol. The number of hydrogen-bond donors (Lipinski definition) is 1. The third-order valence-corrected chi connectivity index (χ3v) is 5.65. The number of ether oxygens (including phenoxy) is 2. The molecule has 1 unspecified atom stereocenters. The Hall–Kier alpha value is -2.18. The molecule has 0 bridgehead atoms. The molecule has 0 amide bonds. The van der Waals surface area contributed by atoms with Crippen molar-refractivity contribution in [1.82, 2.24) is 15.1 Å². The van der Waals surface area contributed by atoms with Gasteiger partial charge in [-0.3, -0.25) is 15.0 Å². The minimum atomic E-state index is 0.122. The number of allylic oxidation sites excluding steroid dienone is 1. The molecule has 5 rings (SSSR count). The van der Waals surface area contributed by atoms with Crippen molar-refractivity contribution in [3.8, 4) is 5.75 Å². The molecule has 2 aliphatic heterocycles. The number of nitrogens with zero attached hydrogens (tertiary/aromatic N) is 3. The average Bonchev–Trinajstić information content (AvgIpc) is 3.27. The summed E-state index contributed by atoms with van der Waals surface area (Å²) in [6, 6.07) is 6.12. The standard InChI is InChI=1S/C21H26N4O2/c1-14(2)27-16-3-4-18-17(12-16)20(24-23-18)15-5-8-22-19(11-15)25-9-10-26-21(13-25)6-7-21/h3-5,8,12,14,19H,6-7,9-11,13H2,1-2H3,(H,23,24). The Morgan fingerprint density at radius 1 is 1.33 bits per heavy atom. The first-order valence-corrected chi connectivity index (χ1v) is 9.87. The summed E-state index contributed by atoms with van der Waals surface area (Å²) in [5.41, 5.74) is 3.38. The Kier molecular flexibility index (Phi) is 4.06. The smallest absolute Gasteiger partial charge is 0.120 e. The van der Waals surface area contributed by atoms with Crippen LogP contribution in [-0.4, -0.2) is 58.9 Å². The lowest BCUT2D eigenvalue weighted by atomic mass is 10.0. The highest BCUT2D eigenvalue weighted by atomic mass is 16.5. The maximum Gasteiger partial charge on any atom is 0.120 e. The highest BCUT2D eigenvalue weighted by Gasteiger charge is 2.48. The maximum absolute atomic E-state index is 5.96. The van der Waals surface area contributed by atoms with E-state index in [2.05, 4.69) is 27.2 Å². The highest BCUT2D eigenvalue weighted by molar-refractivity contribution is 5.96. The quantitative estimate of drug-likeness (QED) is 0.901. The molecule has 3 heterocycles. The van der Waals surface area contributed by atoms with E-state index < -0.39 is 0 Å². The van der Waals surface area contributed by atoms with Crippen LogP contribution in [0, 0.1) is 0 Å². The lowest BCUT2D eigenvalue weighted by Crippen LogP contribution is -2.48. The molecule has 1 saturated carbocycles. The predicted octanol–water partition coefficient (Wildman–Crippen LogP) is 3.40. The van der Waals surface area contributed by atoms with Crippen LogP contribution in [0.25, 0.3) is 16.5 Å². The van der Waals surface area contributed by atoms with Crippen LogP contribution in [0.1, 0.15) is 38.8 Å². The fraction of sp³-hybridized carbons (Fsp3) is 0.524. The van der Waals surface area contributed by atoms with Gasteiger partial charge in [-0.15, -0.1) is 0 Å². The number of morpholine rings is 1. The number of benzene rings is 1. The highest BCUT2D eigenvalue weighted by Crippen LogP contribution is 2.43. The second-order valence-electron chi connectivity index (χ2n) is 8.12. The molecule has 1 saturated heterocycles. The van der Waals surface area contributed by atoms with E-state index in [0.717, 1.165) is 48.5 Å². The van der Waals surface area contributed by atoms with Gasteiger partial charge in [0.15, 0.2) is 0 Å². The zero-order valence-corrected chi connectivity index (χ0v) is 15.9. The lowest BCUT2D eigenvalue weighted by molar-refractivity contribution is -0.0580. The van der Waals surface area contributed by atoms with Gasteiger partial charge >= 0.3 is 0 Å². The Bertz CT molecular complexity index is 910. The molecule has 1 aliphatic carbocycles. The molecule has 6 nitrogen and oxygen atoms in total. The third-order valence-electron chi connectivity index (χ3n) is 5.65. The van der Waals surface area contributed by atoms with Crippen molar-refractivity contribution >= 4 is 22.7 Å². The number of nitrogens with one attached hydrogen (secondary N) is 1. The summed E-state index contributed by atoms with van der Waals surface area (Å²) in [6.07, 6.45) is 7.61. The zero-order valence-electron chi connectivity index (χ0n) is 15.9. The van der Waals surface area contributed by atoms with Gasteiger partial charge in [-0.2, -0.15) is 5.10 Å². The van der Waals surface area contributed by atoms with Gasteiger partial charge in [-0.25, -0.2) is 0 Å². The number of hydrogen-bond acceptors (Lipinski definition) is 5. The van der Waals surface area contributed by atoms with Crippen LogP contribution in [0.2, 0.25) is 0 Å². The molecule has 1 aromatic heterocycles. The van der Waals surface area contributed by atoms with E-state index in [4.69, 9.17) is 14.5 Å². The minimum absolute atomic E-state index is 0.122. The van der Waals surface area contributed by atoms with Crippen LogP contribution in [0.3, 0.4) is 0 Å². The predicted molar refractivity (Wildman–Crippen MR) is 106 cm³/mol. The molecule has 1 spiro atoms. The van der Waals surface area contributed by atoms with Crippen molar-refractivity contribution in [2.24, 2.45) is 4.99 Å². The third kappa shape index (κ3) is 3.28. The van der Waals surface area contributed by atoms with Crippen molar-refractivity contribution in [1.29, 1.82) is 0 Å². The van der Waals surface area contributed by atoms with Crippen molar-refractivity contribution in [2.75, 3.05) is 19.7 Å². The summed E-state index contributed by atoms with van der Waals surface area (Å²) in [5, 5.41) is 8.87. The van der Waals surface area contributed by atoms with Gasteiger partial charge in [0.1, 0.15) is 11.9 Å². The molecule has 6 heteroatoms. The minimum Gasteiger partial charge on any atom is -0.491 e. The fourth-order valence-corrected chi connectivity index (χ4v) is 4.10. The number of aromatic amines is 1. The van der Waals surface area contributed by atoms with Crippen LogP contribution in [0.15, 0.2) is 29.3 Å². The summed E-state index contributed by atoms with van der Waals surface area (Å²) in [5.74, 6) is 0.880. The first kappa shape index (κ1) is 17.0. The topological polar surface area (TPSA) is 62.7 Å². The Labute approximate surface area is 159 Å². The van der Waals surface area contributed by atoms with E-state index >= 15 is 0 Å². The van der Waals surface area contributed by atoms with Crippen LogP contribution >= 0.6 is 0 Å². The summed E-state index contributed by atoms with van der Waals surface area (Å²) < 4.78 is 11.8. The second-order valence-corrected chi connectivity index (χ2v) is 8.12. The second kappa shape index (κ2) is 6.46. The first-order chi connectivity index (χ1) is 13.1. The molecule has 1 N–H and O–H groups in total. The molecule has 27 heavy (non-hydrogen) atoms. The van der Waals surface area contributed by atoms with E-state index in [1.165, 1.54) is 18.4 Å². The van der Waals surface area contributed by atoms with Crippen LogP contribution in [-0.2, 0) is 4.74 Å². The van der Waals surface area contributed by atoms with Crippen molar-refractivity contribution in [2.45, 2.75) is 51.0 Å². The summed E-state index contributed by atoms with van der Waals surface area (Å²) in [4.78, 5) is 7.22. The van der Waals surface area contributed by atoms with Crippen molar-refractivity contribution in [3.05, 3.63) is 30.0 Å². The Morgan fingerprint density at radius 3 is 3.04 bits per heavy atom. The molecule has 0 radical (unpaired) electrons. The van der Waals surface area contributed by atoms with Gasteiger partial charge in [0.25, 0.3) is 0 Å². The van der Waals surface area contributed by atoms with Crippen molar-refractivity contribution < 1.29 is 9.47 Å². The van der Waals surface area contributed by atoms with Gasteiger partial charge < -0.3 is 9.47 Å². The zero-order chi connectivity index (χ0) is 18.4. The van der Waals surface area contributed by atoms with E-state index in [9.17, 15) is 0 Å². The lowest BCUT2D eigenvalue weighted by Gasteiger charge is -2.37. The molecule has 3 aliphatic rings. The van der Waals surface area contributed by atoms with E-state index in [0.29, 0.717) is 0 Å². The molecule has 2 aromatic rings. The van der Waals surface area contributed by atoms with Gasteiger partial charge in [0.05, 0.1) is 29.5 Å². The average molecular weight is 366 g/mol. The number of fused-ring (bicyclic) bond motifs is 1. The molecular weight excluding hydrogens is 340 g/mol. The molecule has 2 fully saturated rings. The Balaban J connectivity index is 1.39. The number of rotatable bonds is 4. The number of H-pyrrole nitrogens is 1. The van der Waals surface area contributed by atoms with Gasteiger partial charge in [0.2, 0.25) is 0 Å². The first-order valence-electron chi connectivity index (χ1n) is 9.87. The van der Waals surface area contributed by atoms with E-state index in [1.54, 1.807) is 0 Å². The summed E-state index contributed by atoms with van der Waals surface area (Å²) in [6.45, 7) is 6.84. The number of aliphatic imine (C=N–C) groups is 1. The van der Waals surface area contributed by atoms with Crippen LogP contribution in [0.5, 0.6) is 5.75 Å². The summed E-state index contributed by atoms with van der Waals surface area (Å²) in [7, 11) is 0. The molecule has 1 atom stereocenters. The molecule has 1 aromatic carbocycles.